The maximum absolute atomic E-state index is 13.3. The molecule has 1 atom stereocenters. The van der Waals surface area contributed by atoms with Gasteiger partial charge >= 0.3 is 0 Å². The minimum Gasteiger partial charge on any atom is -0.387 e. The summed E-state index contributed by atoms with van der Waals surface area (Å²) in [6.07, 6.45) is 6.06. The highest BCUT2D eigenvalue weighted by molar-refractivity contribution is 5.77. The Bertz CT molecular complexity index is 1650. The quantitative estimate of drug-likeness (QED) is 0.309. The number of fused-ring (bicyclic) bond motifs is 2. The fourth-order valence-corrected chi connectivity index (χ4v) is 6.23. The summed E-state index contributed by atoms with van der Waals surface area (Å²) in [5, 5.41) is 17.6. The summed E-state index contributed by atoms with van der Waals surface area (Å²) in [5.41, 5.74) is 3.89. The molecule has 11 heteroatoms. The highest BCUT2D eigenvalue weighted by atomic mass is 16.5. The predicted octanol–water partition coefficient (Wildman–Crippen LogP) is 2.85. The van der Waals surface area contributed by atoms with Gasteiger partial charge in [0.2, 0.25) is 5.95 Å². The molecule has 1 aliphatic carbocycles. The molecule has 0 saturated carbocycles. The smallest absolute Gasteiger partial charge is 0.278 e. The molecule has 4 aromatic rings. The van der Waals surface area contributed by atoms with Crippen LogP contribution >= 0.6 is 0 Å². The third-order valence-corrected chi connectivity index (χ3v) is 8.49. The van der Waals surface area contributed by atoms with Gasteiger partial charge in [0.15, 0.2) is 11.5 Å². The third-order valence-electron chi connectivity index (χ3n) is 8.49. The van der Waals surface area contributed by atoms with Crippen LogP contribution in [0.2, 0.25) is 0 Å². The lowest BCUT2D eigenvalue weighted by molar-refractivity contribution is -0.0799. The Labute approximate surface area is 237 Å². The van der Waals surface area contributed by atoms with Crippen molar-refractivity contribution in [3.8, 4) is 5.82 Å². The van der Waals surface area contributed by atoms with Crippen LogP contribution in [0.15, 0.2) is 60.0 Å². The second-order valence-corrected chi connectivity index (χ2v) is 11.1. The average molecular weight is 555 g/mol. The van der Waals surface area contributed by atoms with E-state index in [4.69, 9.17) is 14.7 Å². The molecule has 11 nitrogen and oxygen atoms in total. The Hall–Kier alpha value is -4.06. The molecule has 212 valence electrons. The molecular weight excluding hydrogens is 520 g/mol. The number of nitrogens with one attached hydrogen (secondary N) is 2. The van der Waals surface area contributed by atoms with E-state index in [0.717, 1.165) is 63.3 Å². The lowest BCUT2D eigenvalue weighted by Gasteiger charge is -2.44. The topological polar surface area (TPSA) is 122 Å². The van der Waals surface area contributed by atoms with Crippen LogP contribution in [-0.4, -0.2) is 67.8 Å². The number of aromatic nitrogens is 5. The second-order valence-electron chi connectivity index (χ2n) is 11.1. The van der Waals surface area contributed by atoms with Crippen molar-refractivity contribution in [3.63, 3.8) is 0 Å². The molecule has 41 heavy (non-hydrogen) atoms. The first-order chi connectivity index (χ1) is 20.0. The van der Waals surface area contributed by atoms with Crippen LogP contribution in [-0.2, 0) is 17.7 Å². The molecule has 1 aromatic carbocycles. The highest BCUT2D eigenvalue weighted by Crippen LogP contribution is 2.32. The van der Waals surface area contributed by atoms with Crippen molar-refractivity contribution >= 4 is 28.4 Å². The van der Waals surface area contributed by atoms with Gasteiger partial charge in [-0.1, -0.05) is 12.1 Å². The van der Waals surface area contributed by atoms with Crippen LogP contribution in [0, 0.1) is 0 Å². The van der Waals surface area contributed by atoms with Crippen molar-refractivity contribution in [2.45, 2.75) is 43.9 Å². The zero-order valence-electron chi connectivity index (χ0n) is 22.9. The van der Waals surface area contributed by atoms with Crippen molar-refractivity contribution < 1.29 is 9.84 Å². The van der Waals surface area contributed by atoms with Gasteiger partial charge in [-0.3, -0.25) is 4.79 Å². The summed E-state index contributed by atoms with van der Waals surface area (Å²) in [7, 11) is 0. The van der Waals surface area contributed by atoms with Crippen LogP contribution in [0.3, 0.4) is 0 Å². The molecule has 0 amide bonds. The number of hydrogen-bond acceptors (Lipinski definition) is 9. The summed E-state index contributed by atoms with van der Waals surface area (Å²) in [6, 6.07) is 12.1. The van der Waals surface area contributed by atoms with Crippen LogP contribution in [0.4, 0.5) is 17.3 Å². The number of rotatable bonds is 6. The summed E-state index contributed by atoms with van der Waals surface area (Å²) in [5.74, 6) is 0.892. The predicted molar refractivity (Wildman–Crippen MR) is 157 cm³/mol. The van der Waals surface area contributed by atoms with Crippen molar-refractivity contribution in [1.82, 2.24) is 29.6 Å². The van der Waals surface area contributed by atoms with Crippen molar-refractivity contribution in [1.29, 1.82) is 0 Å². The minimum absolute atomic E-state index is 0.0210. The van der Waals surface area contributed by atoms with E-state index in [0.29, 0.717) is 34.9 Å². The Morgan fingerprint density at radius 3 is 2.76 bits per heavy atom. The van der Waals surface area contributed by atoms with E-state index in [1.807, 2.05) is 24.3 Å². The number of aliphatic hydroxyl groups is 1. The van der Waals surface area contributed by atoms with E-state index >= 15 is 0 Å². The van der Waals surface area contributed by atoms with Gasteiger partial charge in [-0.15, -0.1) is 6.58 Å². The van der Waals surface area contributed by atoms with E-state index in [1.54, 1.807) is 17.0 Å². The Morgan fingerprint density at radius 1 is 1.17 bits per heavy atom. The molecule has 3 aromatic heterocycles. The molecule has 1 unspecified atom stereocenters. The van der Waals surface area contributed by atoms with Gasteiger partial charge in [-0.25, -0.2) is 19.3 Å². The summed E-state index contributed by atoms with van der Waals surface area (Å²) >= 11 is 0. The molecule has 0 radical (unpaired) electrons. The largest absolute Gasteiger partial charge is 0.387 e. The third kappa shape index (κ3) is 4.69. The number of ether oxygens (including phenoxy) is 1. The molecule has 0 bridgehead atoms. The van der Waals surface area contributed by atoms with E-state index < -0.39 is 6.10 Å². The SMILES string of the molecule is C=CCn1c(=O)c2cnc(Nc3ccc(N4CCC5(CC4)CNCCO5)cc3)nc2n1-c1ccc2c(n1)C(O)CC2. The summed E-state index contributed by atoms with van der Waals surface area (Å²) in [4.78, 5) is 29.6. The van der Waals surface area contributed by atoms with Crippen LogP contribution in [0.5, 0.6) is 0 Å². The zero-order valence-corrected chi connectivity index (χ0v) is 22.9. The Morgan fingerprint density at radius 2 is 2.00 bits per heavy atom. The van der Waals surface area contributed by atoms with Gasteiger partial charge in [0.25, 0.3) is 5.56 Å². The van der Waals surface area contributed by atoms with Gasteiger partial charge < -0.3 is 25.4 Å². The number of aryl methyl sites for hydroxylation is 1. The number of anilines is 3. The first kappa shape index (κ1) is 25.9. The Kier molecular flexibility index (Phi) is 6.57. The number of allylic oxidation sites excluding steroid dienone is 1. The number of benzene rings is 1. The summed E-state index contributed by atoms with van der Waals surface area (Å²) < 4.78 is 9.36. The number of pyridine rings is 1. The lowest BCUT2D eigenvalue weighted by Crippen LogP contribution is -2.55. The highest BCUT2D eigenvalue weighted by Gasteiger charge is 2.37. The Balaban J connectivity index is 1.15. The standard InChI is InChI=1S/C30H34N8O3/c1-2-14-37-28(40)23-18-32-29(35-27(23)38(37)25-10-4-20-3-9-24(39)26(20)34-25)33-21-5-7-22(8-6-21)36-15-11-30(12-16-36)19-31-13-17-41-30/h2,4-8,10,18,24,31,39H,1,3,9,11-17,19H2,(H,32,33,35). The van der Waals surface area contributed by atoms with Gasteiger partial charge in [0.1, 0.15) is 5.39 Å². The van der Waals surface area contributed by atoms with Crippen molar-refractivity contribution in [2.75, 3.05) is 43.0 Å². The van der Waals surface area contributed by atoms with Gasteiger partial charge in [-0.05, 0) is 61.6 Å². The first-order valence-corrected chi connectivity index (χ1v) is 14.3. The fourth-order valence-electron chi connectivity index (χ4n) is 6.23. The zero-order chi connectivity index (χ0) is 28.0. The monoisotopic (exact) mass is 554 g/mol. The average Bonchev–Trinajstić information content (AvgIpc) is 3.50. The number of piperidine rings is 1. The molecular formula is C30H34N8O3. The fraction of sp³-hybridized carbons (Fsp3) is 0.400. The maximum Gasteiger partial charge on any atom is 0.278 e. The van der Waals surface area contributed by atoms with Gasteiger partial charge in [0.05, 0.1) is 30.6 Å². The van der Waals surface area contributed by atoms with Gasteiger partial charge in [-0.2, -0.15) is 4.98 Å². The molecule has 7 rings (SSSR count). The summed E-state index contributed by atoms with van der Waals surface area (Å²) in [6.45, 7) is 8.67. The van der Waals surface area contributed by atoms with E-state index in [2.05, 4.69) is 39.2 Å². The molecule has 2 fully saturated rings. The molecule has 3 N–H and O–H groups in total. The molecule has 2 aliphatic heterocycles. The lowest BCUT2D eigenvalue weighted by atomic mass is 9.90. The maximum atomic E-state index is 13.3. The van der Waals surface area contributed by atoms with Crippen LogP contribution in [0.1, 0.15) is 36.6 Å². The second kappa shape index (κ2) is 10.4. The number of hydrogen-bond donors (Lipinski definition) is 3. The first-order valence-electron chi connectivity index (χ1n) is 14.3. The molecule has 1 spiro atoms. The molecule has 2 saturated heterocycles. The number of morpholine rings is 1. The van der Waals surface area contributed by atoms with Gasteiger partial charge in [0, 0.05) is 43.8 Å². The number of aliphatic hydroxyl groups excluding tert-OH is 1. The van der Waals surface area contributed by atoms with E-state index in [9.17, 15) is 9.90 Å². The van der Waals surface area contributed by atoms with E-state index in [-0.39, 0.29) is 17.7 Å². The van der Waals surface area contributed by atoms with Crippen molar-refractivity contribution in [3.05, 3.63) is 76.9 Å². The molecule has 3 aliphatic rings. The normalized spacial score (nSPS) is 19.9. The van der Waals surface area contributed by atoms with Crippen LogP contribution < -0.4 is 21.1 Å². The minimum atomic E-state index is -0.607. The van der Waals surface area contributed by atoms with Crippen molar-refractivity contribution in [2.24, 2.45) is 0 Å². The van der Waals surface area contributed by atoms with E-state index in [1.165, 1.54) is 10.4 Å². The molecule has 5 heterocycles. The van der Waals surface area contributed by atoms with Crippen LogP contribution in [0.25, 0.3) is 16.9 Å². The number of nitrogens with zero attached hydrogens (tertiary/aromatic N) is 6.